The van der Waals surface area contributed by atoms with E-state index in [2.05, 4.69) is 5.32 Å². The highest BCUT2D eigenvalue weighted by atomic mass is 16.4. The molecule has 0 spiro atoms. The predicted octanol–water partition coefficient (Wildman–Crippen LogP) is 3.11. The number of carbonyl (C=O) groups is 4. The second-order valence-corrected chi connectivity index (χ2v) is 8.50. The second kappa shape index (κ2) is 12.5. The number of nitrogens with one attached hydrogen (secondary N) is 1. The van der Waals surface area contributed by atoms with Gasteiger partial charge in [-0.05, 0) is 19.4 Å². The van der Waals surface area contributed by atoms with Crippen molar-refractivity contribution in [2.75, 3.05) is 6.54 Å². The lowest BCUT2D eigenvalue weighted by molar-refractivity contribution is -0.157. The summed E-state index contributed by atoms with van der Waals surface area (Å²) in [7, 11) is 0. The van der Waals surface area contributed by atoms with Crippen molar-refractivity contribution in [2.45, 2.75) is 95.4 Å². The number of rotatable bonds is 8. The predicted molar refractivity (Wildman–Crippen MR) is 108 cm³/mol. The maximum Gasteiger partial charge on any atom is 0.305 e. The van der Waals surface area contributed by atoms with Gasteiger partial charge in [0, 0.05) is 11.0 Å². The average Bonchev–Trinajstić information content (AvgIpc) is 2.59. The minimum atomic E-state index is -1.68. The van der Waals surface area contributed by atoms with Crippen LogP contribution in [-0.4, -0.2) is 56.4 Å². The molecule has 1 aliphatic rings. The Bertz CT molecular complexity index is 520. The Morgan fingerprint density at radius 2 is 0.933 bits per heavy atom. The molecule has 1 heterocycles. The zero-order valence-electron chi connectivity index (χ0n) is 17.5. The molecule has 1 saturated heterocycles. The topological polar surface area (TPSA) is 161 Å². The van der Waals surface area contributed by atoms with Gasteiger partial charge < -0.3 is 25.7 Å². The average molecular weight is 430 g/mol. The Labute approximate surface area is 176 Å². The van der Waals surface area contributed by atoms with E-state index in [1.54, 1.807) is 0 Å². The van der Waals surface area contributed by atoms with Crippen LogP contribution < -0.4 is 5.32 Å². The standard InChI is InChI=1S/C21H35NO8/c23-16(24)12-20(13-17(25)26)10-8-6-4-2-1-3-5-7-9-11-22-21(20,14-18(27)28)15-19(29)30/h22H,1-15H2,(H,23,24)(H,25,26)(H,27,28)(H,29,30). The van der Waals surface area contributed by atoms with Crippen LogP contribution in [0.2, 0.25) is 0 Å². The maximum absolute atomic E-state index is 11.8. The summed E-state index contributed by atoms with van der Waals surface area (Å²) in [6.45, 7) is 0.307. The Hall–Kier alpha value is -2.16. The first kappa shape index (κ1) is 25.9. The maximum atomic E-state index is 11.8. The number of hydrogen-bond donors (Lipinski definition) is 5. The molecule has 9 heteroatoms. The summed E-state index contributed by atoms with van der Waals surface area (Å²) >= 11 is 0. The van der Waals surface area contributed by atoms with E-state index in [1.807, 2.05) is 0 Å². The minimum absolute atomic E-state index is 0.138. The van der Waals surface area contributed by atoms with E-state index in [1.165, 1.54) is 0 Å². The summed E-state index contributed by atoms with van der Waals surface area (Å²) in [5.74, 6) is -5.10. The first-order chi connectivity index (χ1) is 14.1. The SMILES string of the molecule is O=C(O)CC1(CC(=O)O)CCCCCCCCCCCNC1(CC(=O)O)CC(=O)O. The fourth-order valence-electron chi connectivity index (χ4n) is 4.82. The van der Waals surface area contributed by atoms with E-state index in [0.29, 0.717) is 19.4 Å². The van der Waals surface area contributed by atoms with Crippen molar-refractivity contribution in [2.24, 2.45) is 5.41 Å². The molecule has 0 unspecified atom stereocenters. The summed E-state index contributed by atoms with van der Waals surface area (Å²) in [4.78, 5) is 47.1. The van der Waals surface area contributed by atoms with E-state index in [9.17, 15) is 39.6 Å². The second-order valence-electron chi connectivity index (χ2n) is 8.50. The van der Waals surface area contributed by atoms with E-state index in [-0.39, 0.29) is 6.42 Å². The minimum Gasteiger partial charge on any atom is -0.481 e. The Morgan fingerprint density at radius 3 is 1.33 bits per heavy atom. The van der Waals surface area contributed by atoms with Gasteiger partial charge in [-0.3, -0.25) is 19.2 Å². The van der Waals surface area contributed by atoms with Crippen molar-refractivity contribution in [1.29, 1.82) is 0 Å². The third-order valence-corrected chi connectivity index (χ3v) is 6.20. The molecule has 0 bridgehead atoms. The van der Waals surface area contributed by atoms with Gasteiger partial charge in [0.15, 0.2) is 0 Å². The molecule has 9 nitrogen and oxygen atoms in total. The lowest BCUT2D eigenvalue weighted by atomic mass is 9.59. The fourth-order valence-corrected chi connectivity index (χ4v) is 4.82. The number of carboxylic acid groups (broad SMARTS) is 4. The number of aliphatic carboxylic acids is 4. The van der Waals surface area contributed by atoms with Crippen LogP contribution in [0, 0.1) is 5.41 Å². The third-order valence-electron chi connectivity index (χ3n) is 6.20. The number of hydrogen-bond acceptors (Lipinski definition) is 5. The highest BCUT2D eigenvalue weighted by molar-refractivity contribution is 5.77. The first-order valence-corrected chi connectivity index (χ1v) is 10.7. The quantitative estimate of drug-likeness (QED) is 0.390. The molecule has 1 aliphatic heterocycles. The molecule has 1 rings (SSSR count). The van der Waals surface area contributed by atoms with Crippen molar-refractivity contribution in [3.63, 3.8) is 0 Å². The van der Waals surface area contributed by atoms with E-state index < -0.39 is 60.5 Å². The molecule has 0 atom stereocenters. The van der Waals surface area contributed by atoms with Crippen molar-refractivity contribution in [3.05, 3.63) is 0 Å². The molecule has 0 aliphatic carbocycles. The van der Waals surface area contributed by atoms with Crippen LogP contribution in [-0.2, 0) is 19.2 Å². The zero-order chi connectivity index (χ0) is 22.6. The third kappa shape index (κ3) is 8.30. The van der Waals surface area contributed by atoms with Crippen LogP contribution in [0.5, 0.6) is 0 Å². The van der Waals surface area contributed by atoms with E-state index in [4.69, 9.17) is 0 Å². The summed E-state index contributed by atoms with van der Waals surface area (Å²) in [5, 5.41) is 41.4. The Morgan fingerprint density at radius 1 is 0.567 bits per heavy atom. The number of carboxylic acids is 4. The normalized spacial score (nSPS) is 20.5. The van der Waals surface area contributed by atoms with Crippen molar-refractivity contribution in [1.82, 2.24) is 5.32 Å². The van der Waals surface area contributed by atoms with Crippen molar-refractivity contribution >= 4 is 23.9 Å². The van der Waals surface area contributed by atoms with Gasteiger partial charge in [-0.15, -0.1) is 0 Å². The molecule has 0 radical (unpaired) electrons. The molecule has 172 valence electrons. The molecule has 0 amide bonds. The molecule has 30 heavy (non-hydrogen) atoms. The van der Waals surface area contributed by atoms with Crippen molar-refractivity contribution < 1.29 is 39.6 Å². The largest absolute Gasteiger partial charge is 0.481 e. The van der Waals surface area contributed by atoms with Gasteiger partial charge in [0.05, 0.1) is 25.7 Å². The highest BCUT2D eigenvalue weighted by Gasteiger charge is 2.55. The summed E-state index contributed by atoms with van der Waals surface area (Å²) in [5.41, 5.74) is -3.21. The van der Waals surface area contributed by atoms with Gasteiger partial charge >= 0.3 is 23.9 Å². The fraction of sp³-hybridized carbons (Fsp3) is 0.810. The van der Waals surface area contributed by atoms with Gasteiger partial charge in [-0.25, -0.2) is 0 Å². The van der Waals surface area contributed by atoms with Gasteiger partial charge in [0.25, 0.3) is 0 Å². The van der Waals surface area contributed by atoms with Crippen molar-refractivity contribution in [3.8, 4) is 0 Å². The molecule has 0 saturated carbocycles. The van der Waals surface area contributed by atoms with Crippen LogP contribution in [0.25, 0.3) is 0 Å². The lowest BCUT2D eigenvalue weighted by Crippen LogP contribution is -2.62. The monoisotopic (exact) mass is 429 g/mol. The summed E-state index contributed by atoms with van der Waals surface area (Å²) < 4.78 is 0. The Balaban J connectivity index is 3.49. The van der Waals surface area contributed by atoms with Gasteiger partial charge in [0.1, 0.15) is 0 Å². The van der Waals surface area contributed by atoms with E-state index in [0.717, 1.165) is 44.9 Å². The van der Waals surface area contributed by atoms with Crippen LogP contribution in [0.1, 0.15) is 89.9 Å². The lowest BCUT2D eigenvalue weighted by Gasteiger charge is -2.49. The van der Waals surface area contributed by atoms with E-state index >= 15 is 0 Å². The van der Waals surface area contributed by atoms with Gasteiger partial charge in [-0.1, -0.05) is 51.4 Å². The summed E-state index contributed by atoms with van der Waals surface area (Å²) in [6, 6.07) is 0. The zero-order valence-corrected chi connectivity index (χ0v) is 17.5. The first-order valence-electron chi connectivity index (χ1n) is 10.7. The highest BCUT2D eigenvalue weighted by Crippen LogP contribution is 2.48. The van der Waals surface area contributed by atoms with Crippen LogP contribution in [0.4, 0.5) is 0 Å². The molecule has 0 aromatic carbocycles. The van der Waals surface area contributed by atoms with Gasteiger partial charge in [0.2, 0.25) is 0 Å². The molecule has 5 N–H and O–H groups in total. The van der Waals surface area contributed by atoms with Crippen LogP contribution in [0.15, 0.2) is 0 Å². The molecule has 0 aromatic heterocycles. The molecular weight excluding hydrogens is 394 g/mol. The smallest absolute Gasteiger partial charge is 0.305 e. The molecular formula is C21H35NO8. The van der Waals surface area contributed by atoms with Crippen LogP contribution >= 0.6 is 0 Å². The molecule has 0 aromatic rings. The summed E-state index contributed by atoms with van der Waals surface area (Å²) in [6.07, 6.45) is 5.67. The van der Waals surface area contributed by atoms with Gasteiger partial charge in [-0.2, -0.15) is 0 Å². The molecule has 1 fully saturated rings. The Kier molecular flexibility index (Phi) is 10.8. The van der Waals surface area contributed by atoms with Crippen LogP contribution in [0.3, 0.4) is 0 Å².